The van der Waals surface area contributed by atoms with E-state index in [9.17, 15) is 9.90 Å². The molecule has 6 heteroatoms. The fraction of sp³-hybridized carbons (Fsp3) is 0.429. The van der Waals surface area contributed by atoms with Crippen LogP contribution in [0.15, 0.2) is 16.6 Å². The molecule has 2 amide bonds. The molecule has 70 valence electrons. The molecule has 13 heavy (non-hydrogen) atoms. The van der Waals surface area contributed by atoms with E-state index in [0.717, 1.165) is 0 Å². The Bertz CT molecular complexity index is 322. The largest absolute Gasteiger partial charge is 0.493 e. The van der Waals surface area contributed by atoms with Crippen LogP contribution in [0.3, 0.4) is 0 Å². The van der Waals surface area contributed by atoms with E-state index >= 15 is 0 Å². The Morgan fingerprint density at radius 1 is 1.62 bits per heavy atom. The molecule has 0 saturated carbocycles. The number of carbonyl (C=O) groups excluding carboxylic acids is 1. The number of urea groups is 1. The molecule has 1 atom stereocenters. The highest BCUT2D eigenvalue weighted by Gasteiger charge is 2.37. The molecule has 0 spiro atoms. The first-order chi connectivity index (χ1) is 6.13. The summed E-state index contributed by atoms with van der Waals surface area (Å²) in [5, 5.41) is 12.3. The minimum absolute atomic E-state index is 0.0643. The van der Waals surface area contributed by atoms with Gasteiger partial charge in [0.05, 0.1) is 6.34 Å². The number of fused-ring (bicyclic) bond motifs is 1. The minimum atomic E-state index is -0.399. The number of likely N-dealkylation sites (N-methyl/N-ethyl adjacent to an activating group) is 1. The predicted octanol–water partition coefficient (Wildman–Crippen LogP) is -0.332. The van der Waals surface area contributed by atoms with Gasteiger partial charge in [-0.1, -0.05) is 0 Å². The van der Waals surface area contributed by atoms with Gasteiger partial charge in [0, 0.05) is 14.1 Å². The summed E-state index contributed by atoms with van der Waals surface area (Å²) < 4.78 is 0. The van der Waals surface area contributed by atoms with Gasteiger partial charge in [-0.05, 0) is 0 Å². The summed E-state index contributed by atoms with van der Waals surface area (Å²) in [5.41, 5.74) is 0.546. The number of nitrogens with zero attached hydrogens (tertiary/aromatic N) is 3. The van der Waals surface area contributed by atoms with Crippen LogP contribution in [-0.4, -0.2) is 47.5 Å². The molecule has 0 radical (unpaired) electrons. The van der Waals surface area contributed by atoms with Crippen LogP contribution >= 0.6 is 0 Å². The maximum absolute atomic E-state index is 11.4. The summed E-state index contributed by atoms with van der Waals surface area (Å²) in [4.78, 5) is 18.1. The van der Waals surface area contributed by atoms with Crippen LogP contribution in [-0.2, 0) is 0 Å². The van der Waals surface area contributed by atoms with Gasteiger partial charge >= 0.3 is 6.03 Å². The zero-order valence-electron chi connectivity index (χ0n) is 7.35. The lowest BCUT2D eigenvalue weighted by atomic mass is 10.3. The third-order valence-corrected chi connectivity index (χ3v) is 2.21. The Balaban J connectivity index is 2.46. The fourth-order valence-corrected chi connectivity index (χ4v) is 1.41. The van der Waals surface area contributed by atoms with Crippen molar-refractivity contribution in [2.24, 2.45) is 4.99 Å². The molecule has 0 aliphatic carbocycles. The van der Waals surface area contributed by atoms with Crippen molar-refractivity contribution in [3.63, 3.8) is 0 Å². The number of aliphatic hydroxyl groups is 1. The molecular weight excluding hydrogens is 172 g/mol. The van der Waals surface area contributed by atoms with Crippen molar-refractivity contribution in [3.05, 3.63) is 11.6 Å². The fourth-order valence-electron chi connectivity index (χ4n) is 1.41. The highest BCUT2D eigenvalue weighted by molar-refractivity contribution is 5.79. The van der Waals surface area contributed by atoms with E-state index in [4.69, 9.17) is 0 Å². The normalized spacial score (nSPS) is 26.6. The van der Waals surface area contributed by atoms with Gasteiger partial charge in [0.1, 0.15) is 5.70 Å². The summed E-state index contributed by atoms with van der Waals surface area (Å²) in [6.07, 6.45) is 1.07. The summed E-state index contributed by atoms with van der Waals surface area (Å²) in [5.74, 6) is -0.0643. The van der Waals surface area contributed by atoms with Gasteiger partial charge in [-0.15, -0.1) is 0 Å². The lowest BCUT2D eigenvalue weighted by Gasteiger charge is -2.33. The maximum Gasteiger partial charge on any atom is 0.328 e. The minimum Gasteiger partial charge on any atom is -0.493 e. The molecule has 2 aliphatic rings. The predicted molar refractivity (Wildman–Crippen MR) is 46.0 cm³/mol. The van der Waals surface area contributed by atoms with Crippen molar-refractivity contribution < 1.29 is 9.90 Å². The second-order valence-electron chi connectivity index (χ2n) is 2.99. The van der Waals surface area contributed by atoms with Crippen molar-refractivity contribution in [1.29, 1.82) is 0 Å². The Kier molecular flexibility index (Phi) is 1.45. The van der Waals surface area contributed by atoms with Gasteiger partial charge in [-0.3, -0.25) is 9.80 Å². The van der Waals surface area contributed by atoms with Crippen LogP contribution < -0.4 is 5.32 Å². The van der Waals surface area contributed by atoms with E-state index < -0.39 is 6.17 Å². The second kappa shape index (κ2) is 2.38. The number of rotatable bonds is 0. The Morgan fingerprint density at radius 2 is 2.31 bits per heavy atom. The lowest BCUT2D eigenvalue weighted by Crippen LogP contribution is -2.49. The summed E-state index contributed by atoms with van der Waals surface area (Å²) in [6, 6.07) is -0.271. The standard InChI is InChI=1S/C7H10N4O2/c1-10-5-4(8-3-9-5)6(12)11(2)7(10)13/h3,5,12H,1-2H3,(H,8,9). The molecule has 1 unspecified atom stereocenters. The van der Waals surface area contributed by atoms with Crippen LogP contribution in [0, 0.1) is 0 Å². The Morgan fingerprint density at radius 3 is 3.00 bits per heavy atom. The number of amides is 2. The molecule has 0 aromatic heterocycles. The Labute approximate surface area is 75.1 Å². The SMILES string of the molecule is CN1C(=O)N(C)C2N=CNC2=C1O. The van der Waals surface area contributed by atoms with Gasteiger partial charge in [0.15, 0.2) is 6.17 Å². The van der Waals surface area contributed by atoms with Crippen LogP contribution in [0.1, 0.15) is 0 Å². The molecule has 6 nitrogen and oxygen atoms in total. The average molecular weight is 182 g/mol. The second-order valence-corrected chi connectivity index (χ2v) is 2.99. The molecule has 2 rings (SSSR count). The molecule has 0 fully saturated rings. The van der Waals surface area contributed by atoms with Crippen molar-refractivity contribution >= 4 is 12.4 Å². The maximum atomic E-state index is 11.4. The number of nitrogens with one attached hydrogen (secondary N) is 1. The third-order valence-electron chi connectivity index (χ3n) is 2.21. The molecular formula is C7H10N4O2. The Hall–Kier alpha value is -1.72. The first-order valence-corrected chi connectivity index (χ1v) is 3.84. The molecule has 0 aromatic carbocycles. The third kappa shape index (κ3) is 0.881. The van der Waals surface area contributed by atoms with Crippen LogP contribution in [0.2, 0.25) is 0 Å². The van der Waals surface area contributed by atoms with Crippen molar-refractivity contribution in [2.45, 2.75) is 6.17 Å². The van der Waals surface area contributed by atoms with Crippen LogP contribution in [0.25, 0.3) is 0 Å². The summed E-state index contributed by atoms with van der Waals surface area (Å²) in [7, 11) is 3.15. The molecule has 0 bridgehead atoms. The first kappa shape index (κ1) is 7.90. The van der Waals surface area contributed by atoms with E-state index in [-0.39, 0.29) is 11.9 Å². The number of aliphatic imine (C=N–C) groups is 1. The van der Waals surface area contributed by atoms with Crippen molar-refractivity contribution in [2.75, 3.05) is 14.1 Å². The monoisotopic (exact) mass is 182 g/mol. The van der Waals surface area contributed by atoms with Gasteiger partial charge in [0.25, 0.3) is 0 Å². The molecule has 2 aliphatic heterocycles. The van der Waals surface area contributed by atoms with Crippen LogP contribution in [0.5, 0.6) is 0 Å². The zero-order valence-corrected chi connectivity index (χ0v) is 7.35. The van der Waals surface area contributed by atoms with Gasteiger partial charge in [-0.2, -0.15) is 0 Å². The van der Waals surface area contributed by atoms with Crippen molar-refractivity contribution in [1.82, 2.24) is 15.1 Å². The van der Waals surface area contributed by atoms with Crippen LogP contribution in [0.4, 0.5) is 4.79 Å². The number of hydrogen-bond acceptors (Lipinski definition) is 4. The molecule has 0 aromatic rings. The topological polar surface area (TPSA) is 68.2 Å². The van der Waals surface area contributed by atoms with E-state index in [1.165, 1.54) is 23.2 Å². The number of carbonyl (C=O) groups is 1. The number of hydrogen-bond donors (Lipinski definition) is 2. The van der Waals surface area contributed by atoms with Crippen molar-refractivity contribution in [3.8, 4) is 0 Å². The quantitative estimate of drug-likeness (QED) is 0.539. The molecule has 2 heterocycles. The molecule has 0 saturated heterocycles. The van der Waals surface area contributed by atoms with E-state index in [1.807, 2.05) is 0 Å². The van der Waals surface area contributed by atoms with E-state index in [1.54, 1.807) is 7.05 Å². The summed E-state index contributed by atoms with van der Waals surface area (Å²) >= 11 is 0. The van der Waals surface area contributed by atoms with Gasteiger partial charge < -0.3 is 10.4 Å². The molecule has 2 N–H and O–H groups in total. The highest BCUT2D eigenvalue weighted by atomic mass is 16.3. The number of aliphatic hydroxyl groups excluding tert-OH is 1. The van der Waals surface area contributed by atoms with Gasteiger partial charge in [0.2, 0.25) is 5.88 Å². The summed E-state index contributed by atoms with van der Waals surface area (Å²) in [6.45, 7) is 0. The smallest absolute Gasteiger partial charge is 0.328 e. The van der Waals surface area contributed by atoms with E-state index in [2.05, 4.69) is 10.3 Å². The lowest BCUT2D eigenvalue weighted by molar-refractivity contribution is 0.132. The first-order valence-electron chi connectivity index (χ1n) is 3.84. The highest BCUT2D eigenvalue weighted by Crippen LogP contribution is 2.23. The van der Waals surface area contributed by atoms with Gasteiger partial charge in [-0.25, -0.2) is 9.79 Å². The van der Waals surface area contributed by atoms with E-state index in [0.29, 0.717) is 5.70 Å². The average Bonchev–Trinajstić information content (AvgIpc) is 2.59. The zero-order chi connectivity index (χ0) is 9.59.